The fourth-order valence-electron chi connectivity index (χ4n) is 1.82. The number of hydrogen-bond acceptors (Lipinski definition) is 4. The number of furan rings is 1. The molecule has 78 valence electrons. The van der Waals surface area contributed by atoms with Gasteiger partial charge in [0.1, 0.15) is 0 Å². The summed E-state index contributed by atoms with van der Waals surface area (Å²) in [6, 6.07) is 5.72. The summed E-state index contributed by atoms with van der Waals surface area (Å²) in [4.78, 5) is 12.4. The molecule has 1 aliphatic rings. The minimum atomic E-state index is -0.297. The van der Waals surface area contributed by atoms with Gasteiger partial charge in [-0.2, -0.15) is 5.26 Å². The molecule has 0 aromatic carbocycles. The largest absolute Gasteiger partial charge is 0.438 e. The Hall–Kier alpha value is -1.76. The minimum Gasteiger partial charge on any atom is -0.438 e. The lowest BCUT2D eigenvalue weighted by molar-refractivity contribution is 0.110. The summed E-state index contributed by atoms with van der Waals surface area (Å²) >= 11 is 0. The average molecular weight is 204 g/mol. The standard InChI is InChI=1S/C11H12N2O2/c1-11(7-12)4-5-13(8-11)10-3-2-9(6-14)15-10/h2-3,6H,4-5,8H2,1H3. The first kappa shape index (κ1) is 9.78. The maximum absolute atomic E-state index is 10.5. The van der Waals surface area contributed by atoms with E-state index in [0.29, 0.717) is 24.5 Å². The van der Waals surface area contributed by atoms with Crippen molar-refractivity contribution in [3.63, 3.8) is 0 Å². The molecule has 0 bridgehead atoms. The van der Waals surface area contributed by atoms with Crippen molar-refractivity contribution in [3.05, 3.63) is 17.9 Å². The fraction of sp³-hybridized carbons (Fsp3) is 0.455. The highest BCUT2D eigenvalue weighted by atomic mass is 16.4. The van der Waals surface area contributed by atoms with Crippen molar-refractivity contribution >= 4 is 12.2 Å². The van der Waals surface area contributed by atoms with Gasteiger partial charge in [0, 0.05) is 19.2 Å². The topological polar surface area (TPSA) is 57.2 Å². The average Bonchev–Trinajstić information content (AvgIpc) is 2.84. The molecule has 0 saturated carbocycles. The van der Waals surface area contributed by atoms with Crippen molar-refractivity contribution < 1.29 is 9.21 Å². The van der Waals surface area contributed by atoms with Gasteiger partial charge in [-0.25, -0.2) is 0 Å². The second-order valence-electron chi connectivity index (χ2n) is 4.14. The number of nitriles is 1. The fourth-order valence-corrected chi connectivity index (χ4v) is 1.82. The third-order valence-electron chi connectivity index (χ3n) is 2.78. The molecule has 0 amide bonds. The summed E-state index contributed by atoms with van der Waals surface area (Å²) < 4.78 is 5.30. The lowest BCUT2D eigenvalue weighted by atomic mass is 9.92. The second-order valence-corrected chi connectivity index (χ2v) is 4.14. The molecular formula is C11H12N2O2. The van der Waals surface area contributed by atoms with Crippen LogP contribution in [0.1, 0.15) is 23.9 Å². The van der Waals surface area contributed by atoms with E-state index in [4.69, 9.17) is 9.68 Å². The first-order valence-electron chi connectivity index (χ1n) is 4.88. The minimum absolute atomic E-state index is 0.297. The lowest BCUT2D eigenvalue weighted by Gasteiger charge is -2.16. The van der Waals surface area contributed by atoms with Gasteiger partial charge in [-0.05, 0) is 19.4 Å². The number of anilines is 1. The maximum Gasteiger partial charge on any atom is 0.196 e. The van der Waals surface area contributed by atoms with Crippen molar-refractivity contribution in [3.8, 4) is 6.07 Å². The van der Waals surface area contributed by atoms with Crippen LogP contribution in [-0.2, 0) is 0 Å². The molecular weight excluding hydrogens is 192 g/mol. The van der Waals surface area contributed by atoms with Crippen LogP contribution in [0.3, 0.4) is 0 Å². The molecule has 0 aliphatic carbocycles. The zero-order valence-electron chi connectivity index (χ0n) is 8.56. The number of aldehydes is 1. The van der Waals surface area contributed by atoms with E-state index >= 15 is 0 Å². The van der Waals surface area contributed by atoms with Gasteiger partial charge in [0.15, 0.2) is 17.9 Å². The number of carbonyl (C=O) groups excluding carboxylic acids is 1. The third kappa shape index (κ3) is 1.73. The summed E-state index contributed by atoms with van der Waals surface area (Å²) in [5.41, 5.74) is -0.297. The van der Waals surface area contributed by atoms with Crippen molar-refractivity contribution in [1.82, 2.24) is 0 Å². The van der Waals surface area contributed by atoms with Gasteiger partial charge in [-0.1, -0.05) is 0 Å². The van der Waals surface area contributed by atoms with Crippen molar-refractivity contribution in [2.75, 3.05) is 18.0 Å². The molecule has 1 aromatic rings. The molecule has 2 heterocycles. The first-order chi connectivity index (χ1) is 7.17. The Kier molecular flexibility index (Phi) is 2.24. The zero-order chi connectivity index (χ0) is 10.9. The van der Waals surface area contributed by atoms with E-state index in [-0.39, 0.29) is 5.41 Å². The Balaban J connectivity index is 2.15. The highest BCUT2D eigenvalue weighted by Crippen LogP contribution is 2.32. The highest BCUT2D eigenvalue weighted by molar-refractivity contribution is 5.71. The van der Waals surface area contributed by atoms with Crippen molar-refractivity contribution in [1.29, 1.82) is 5.26 Å². The molecule has 2 rings (SSSR count). The molecule has 1 unspecified atom stereocenters. The van der Waals surface area contributed by atoms with Crippen LogP contribution in [0.5, 0.6) is 0 Å². The zero-order valence-corrected chi connectivity index (χ0v) is 8.56. The predicted octanol–water partition coefficient (Wildman–Crippen LogP) is 1.83. The van der Waals surface area contributed by atoms with E-state index in [2.05, 4.69) is 6.07 Å². The molecule has 0 N–H and O–H groups in total. The van der Waals surface area contributed by atoms with Gasteiger partial charge in [-0.15, -0.1) is 0 Å². The lowest BCUT2D eigenvalue weighted by Crippen LogP contribution is -2.23. The molecule has 1 saturated heterocycles. The van der Waals surface area contributed by atoms with Crippen molar-refractivity contribution in [2.24, 2.45) is 5.41 Å². The van der Waals surface area contributed by atoms with Gasteiger partial charge in [0.2, 0.25) is 0 Å². The van der Waals surface area contributed by atoms with Crippen molar-refractivity contribution in [2.45, 2.75) is 13.3 Å². The number of carbonyl (C=O) groups is 1. The van der Waals surface area contributed by atoms with E-state index in [0.717, 1.165) is 13.0 Å². The highest BCUT2D eigenvalue weighted by Gasteiger charge is 2.34. The number of rotatable bonds is 2. The monoisotopic (exact) mass is 204 g/mol. The van der Waals surface area contributed by atoms with Gasteiger partial charge >= 0.3 is 0 Å². The van der Waals surface area contributed by atoms with Crippen LogP contribution in [0.25, 0.3) is 0 Å². The van der Waals surface area contributed by atoms with Crippen LogP contribution in [0, 0.1) is 16.7 Å². The Morgan fingerprint density at radius 2 is 2.47 bits per heavy atom. The van der Waals surface area contributed by atoms with E-state index in [1.165, 1.54) is 0 Å². The first-order valence-corrected chi connectivity index (χ1v) is 4.88. The third-order valence-corrected chi connectivity index (χ3v) is 2.78. The van der Waals surface area contributed by atoms with Gasteiger partial charge < -0.3 is 9.32 Å². The van der Waals surface area contributed by atoms with Crippen LogP contribution in [0.4, 0.5) is 5.88 Å². The molecule has 4 heteroatoms. The van der Waals surface area contributed by atoms with Crippen LogP contribution >= 0.6 is 0 Å². The molecule has 0 radical (unpaired) electrons. The Morgan fingerprint density at radius 1 is 1.67 bits per heavy atom. The molecule has 1 atom stereocenters. The van der Waals surface area contributed by atoms with Gasteiger partial charge in [0.05, 0.1) is 11.5 Å². The summed E-state index contributed by atoms with van der Waals surface area (Å²) in [5, 5.41) is 8.98. The van der Waals surface area contributed by atoms with E-state index in [1.807, 2.05) is 11.8 Å². The smallest absolute Gasteiger partial charge is 0.196 e. The van der Waals surface area contributed by atoms with Crippen LogP contribution in [-0.4, -0.2) is 19.4 Å². The molecule has 0 spiro atoms. The van der Waals surface area contributed by atoms with Crippen LogP contribution in [0.2, 0.25) is 0 Å². The Bertz CT molecular complexity index is 418. The number of nitrogens with zero attached hydrogens (tertiary/aromatic N) is 2. The SMILES string of the molecule is CC1(C#N)CCN(c2ccc(C=O)o2)C1. The normalized spacial score (nSPS) is 25.2. The molecule has 1 aromatic heterocycles. The Labute approximate surface area is 88.1 Å². The summed E-state index contributed by atoms with van der Waals surface area (Å²) in [5.74, 6) is 1.01. The van der Waals surface area contributed by atoms with E-state index in [9.17, 15) is 4.79 Å². The maximum atomic E-state index is 10.5. The Morgan fingerprint density at radius 3 is 3.00 bits per heavy atom. The second kappa shape index (κ2) is 3.43. The molecule has 1 fully saturated rings. The molecule has 1 aliphatic heterocycles. The number of hydrogen-bond donors (Lipinski definition) is 0. The molecule has 15 heavy (non-hydrogen) atoms. The van der Waals surface area contributed by atoms with Crippen LogP contribution < -0.4 is 4.90 Å². The van der Waals surface area contributed by atoms with Gasteiger partial charge in [-0.3, -0.25) is 4.79 Å². The van der Waals surface area contributed by atoms with E-state index in [1.54, 1.807) is 12.1 Å². The quantitative estimate of drug-likeness (QED) is 0.689. The summed E-state index contributed by atoms with van der Waals surface area (Å²) in [7, 11) is 0. The van der Waals surface area contributed by atoms with Crippen LogP contribution in [0.15, 0.2) is 16.5 Å². The van der Waals surface area contributed by atoms with E-state index < -0.39 is 0 Å². The van der Waals surface area contributed by atoms with Gasteiger partial charge in [0.25, 0.3) is 0 Å². The summed E-state index contributed by atoms with van der Waals surface area (Å²) in [6.07, 6.45) is 1.52. The molecule has 4 nitrogen and oxygen atoms in total. The summed E-state index contributed by atoms with van der Waals surface area (Å²) in [6.45, 7) is 3.40. The predicted molar refractivity (Wildman–Crippen MR) is 54.6 cm³/mol.